The molecule has 28 heavy (non-hydrogen) atoms. The van der Waals surface area contributed by atoms with Gasteiger partial charge in [0.2, 0.25) is 5.91 Å². The van der Waals surface area contributed by atoms with Gasteiger partial charge in [0.1, 0.15) is 12.0 Å². The van der Waals surface area contributed by atoms with Crippen LogP contribution in [0.3, 0.4) is 0 Å². The summed E-state index contributed by atoms with van der Waals surface area (Å²) in [6.45, 7) is 9.26. The van der Waals surface area contributed by atoms with Gasteiger partial charge >= 0.3 is 5.97 Å². The lowest BCUT2D eigenvalue weighted by Crippen LogP contribution is -2.58. The van der Waals surface area contributed by atoms with Gasteiger partial charge in [-0.3, -0.25) is 19.3 Å². The number of hydrogen-bond acceptors (Lipinski definition) is 4. The number of nitrogens with zero attached hydrogens (tertiary/aromatic N) is 1. The van der Waals surface area contributed by atoms with E-state index in [-0.39, 0.29) is 24.0 Å². The number of hydrogen-bond donors (Lipinski definition) is 0. The molecule has 0 saturated carbocycles. The van der Waals surface area contributed by atoms with Gasteiger partial charge < -0.3 is 4.74 Å². The smallest absolute Gasteiger partial charge is 0.313 e. The first-order chi connectivity index (χ1) is 13.1. The molecule has 156 valence electrons. The standard InChI is InChI=1S/C22H32ClNO4/c1-6-7-8-9-14-28-21(27)15-20(26)22(5,16(2)3)24(17(4)25)19-12-10-18(23)11-13-19/h10-13,16H,6-9,14-15H2,1-5H3. The van der Waals surface area contributed by atoms with Gasteiger partial charge in [-0.25, -0.2) is 0 Å². The highest BCUT2D eigenvalue weighted by atomic mass is 35.5. The number of ether oxygens (including phenoxy) is 1. The molecule has 0 aliphatic carbocycles. The van der Waals surface area contributed by atoms with Gasteiger partial charge in [0.05, 0.1) is 6.61 Å². The average molecular weight is 410 g/mol. The van der Waals surface area contributed by atoms with E-state index >= 15 is 0 Å². The van der Waals surface area contributed by atoms with Crippen molar-refractivity contribution in [2.75, 3.05) is 11.5 Å². The van der Waals surface area contributed by atoms with Crippen molar-refractivity contribution < 1.29 is 19.1 Å². The number of carbonyl (C=O) groups excluding carboxylic acids is 3. The lowest BCUT2D eigenvalue weighted by Gasteiger charge is -2.42. The van der Waals surface area contributed by atoms with E-state index in [1.165, 1.54) is 11.8 Å². The fraction of sp³-hybridized carbons (Fsp3) is 0.591. The number of carbonyl (C=O) groups is 3. The minimum absolute atomic E-state index is 0.211. The maximum absolute atomic E-state index is 13.1. The SMILES string of the molecule is CCCCCCOC(=O)CC(=O)C(C)(C(C)C)N(C(C)=O)c1ccc(Cl)cc1. The van der Waals surface area contributed by atoms with Crippen LogP contribution in [-0.2, 0) is 19.1 Å². The maximum atomic E-state index is 13.1. The minimum atomic E-state index is -1.18. The van der Waals surface area contributed by atoms with E-state index in [0.717, 1.165) is 25.7 Å². The maximum Gasteiger partial charge on any atom is 0.313 e. The fourth-order valence-electron chi connectivity index (χ4n) is 3.15. The van der Waals surface area contributed by atoms with Crippen LogP contribution in [-0.4, -0.2) is 29.8 Å². The van der Waals surface area contributed by atoms with E-state index < -0.39 is 11.5 Å². The van der Waals surface area contributed by atoms with Crippen LogP contribution >= 0.6 is 11.6 Å². The Morgan fingerprint density at radius 3 is 2.21 bits per heavy atom. The van der Waals surface area contributed by atoms with Crippen LogP contribution in [0.15, 0.2) is 24.3 Å². The van der Waals surface area contributed by atoms with Crippen molar-refractivity contribution in [1.29, 1.82) is 0 Å². The minimum Gasteiger partial charge on any atom is -0.465 e. The largest absolute Gasteiger partial charge is 0.465 e. The quantitative estimate of drug-likeness (QED) is 0.286. The molecule has 0 N–H and O–H groups in total. The van der Waals surface area contributed by atoms with Crippen molar-refractivity contribution in [3.8, 4) is 0 Å². The van der Waals surface area contributed by atoms with Crippen LogP contribution in [0.2, 0.25) is 5.02 Å². The molecule has 1 amide bonds. The van der Waals surface area contributed by atoms with Gasteiger partial charge in [-0.15, -0.1) is 0 Å². The van der Waals surface area contributed by atoms with E-state index in [0.29, 0.717) is 17.3 Å². The predicted octanol–water partition coefficient (Wildman–Crippen LogP) is 5.19. The van der Waals surface area contributed by atoms with Crippen molar-refractivity contribution in [3.05, 3.63) is 29.3 Å². The Labute approximate surface area is 173 Å². The zero-order valence-corrected chi connectivity index (χ0v) is 18.3. The topological polar surface area (TPSA) is 63.7 Å². The Hall–Kier alpha value is -1.88. The number of esters is 1. The van der Waals surface area contributed by atoms with Gasteiger partial charge in [-0.2, -0.15) is 0 Å². The van der Waals surface area contributed by atoms with Crippen molar-refractivity contribution >= 4 is 34.9 Å². The number of amides is 1. The third kappa shape index (κ3) is 6.33. The van der Waals surface area contributed by atoms with E-state index in [1.54, 1.807) is 31.2 Å². The van der Waals surface area contributed by atoms with Gasteiger partial charge in [-0.05, 0) is 43.5 Å². The normalized spacial score (nSPS) is 13.1. The molecule has 0 spiro atoms. The molecule has 5 nitrogen and oxygen atoms in total. The highest BCUT2D eigenvalue weighted by Gasteiger charge is 2.45. The molecule has 1 unspecified atom stereocenters. The molecule has 0 aliphatic heterocycles. The van der Waals surface area contributed by atoms with Crippen LogP contribution in [0, 0.1) is 5.92 Å². The van der Waals surface area contributed by atoms with E-state index in [1.807, 2.05) is 13.8 Å². The number of anilines is 1. The van der Waals surface area contributed by atoms with Gasteiger partial charge in [0.15, 0.2) is 5.78 Å². The Balaban J connectivity index is 2.97. The Morgan fingerprint density at radius 2 is 1.71 bits per heavy atom. The van der Waals surface area contributed by atoms with Crippen LogP contribution in [0.4, 0.5) is 5.69 Å². The molecular formula is C22H32ClNO4. The van der Waals surface area contributed by atoms with Crippen LogP contribution < -0.4 is 4.90 Å². The second-order valence-corrected chi connectivity index (χ2v) is 7.95. The van der Waals surface area contributed by atoms with Crippen molar-refractivity contribution in [3.63, 3.8) is 0 Å². The molecule has 1 atom stereocenters. The molecule has 0 aromatic heterocycles. The first kappa shape index (κ1) is 24.2. The molecule has 0 saturated heterocycles. The van der Waals surface area contributed by atoms with Crippen LogP contribution in [0.25, 0.3) is 0 Å². The summed E-state index contributed by atoms with van der Waals surface area (Å²) in [5.41, 5.74) is -0.615. The molecule has 0 radical (unpaired) electrons. The average Bonchev–Trinajstić information content (AvgIpc) is 2.62. The highest BCUT2D eigenvalue weighted by Crippen LogP contribution is 2.33. The third-order valence-corrected chi connectivity index (χ3v) is 5.37. The molecule has 1 aromatic carbocycles. The van der Waals surface area contributed by atoms with Crippen molar-refractivity contribution in [2.45, 2.75) is 72.3 Å². The summed E-state index contributed by atoms with van der Waals surface area (Å²) in [5, 5.41) is 0.538. The molecule has 0 aliphatic rings. The highest BCUT2D eigenvalue weighted by molar-refractivity contribution is 6.30. The van der Waals surface area contributed by atoms with Gasteiger partial charge in [0, 0.05) is 17.6 Å². The number of rotatable bonds is 11. The Kier molecular flexibility index (Phi) is 9.66. The first-order valence-electron chi connectivity index (χ1n) is 9.89. The summed E-state index contributed by atoms with van der Waals surface area (Å²) >= 11 is 5.95. The van der Waals surface area contributed by atoms with E-state index in [9.17, 15) is 14.4 Å². The molecule has 6 heteroatoms. The molecule has 0 fully saturated rings. The summed E-state index contributed by atoms with van der Waals surface area (Å²) in [5.74, 6) is -1.38. The predicted molar refractivity (Wildman–Crippen MR) is 113 cm³/mol. The van der Waals surface area contributed by atoms with E-state index in [2.05, 4.69) is 6.92 Å². The van der Waals surface area contributed by atoms with Crippen LogP contribution in [0.1, 0.15) is 66.7 Å². The second-order valence-electron chi connectivity index (χ2n) is 7.51. The molecule has 1 rings (SSSR count). The monoisotopic (exact) mass is 409 g/mol. The number of Topliss-reactive ketones (excluding diaryl/α,β-unsaturated/α-hetero) is 1. The summed E-state index contributed by atoms with van der Waals surface area (Å²) < 4.78 is 5.22. The van der Waals surface area contributed by atoms with Crippen LogP contribution in [0.5, 0.6) is 0 Å². The second kappa shape index (κ2) is 11.2. The summed E-state index contributed by atoms with van der Waals surface area (Å²) in [7, 11) is 0. The van der Waals surface area contributed by atoms with Gasteiger partial charge in [0.25, 0.3) is 0 Å². The molecule has 0 heterocycles. The zero-order chi connectivity index (χ0) is 21.3. The lowest BCUT2D eigenvalue weighted by atomic mass is 9.80. The lowest BCUT2D eigenvalue weighted by molar-refractivity contribution is -0.148. The van der Waals surface area contributed by atoms with Crippen molar-refractivity contribution in [1.82, 2.24) is 0 Å². The number of halogens is 1. The third-order valence-electron chi connectivity index (χ3n) is 5.12. The van der Waals surface area contributed by atoms with Gasteiger partial charge in [-0.1, -0.05) is 51.6 Å². The number of ketones is 1. The molecule has 0 bridgehead atoms. The first-order valence-corrected chi connectivity index (χ1v) is 10.3. The zero-order valence-electron chi connectivity index (χ0n) is 17.6. The number of unbranched alkanes of at least 4 members (excludes halogenated alkanes) is 3. The van der Waals surface area contributed by atoms with Crippen molar-refractivity contribution in [2.24, 2.45) is 5.92 Å². The summed E-state index contributed by atoms with van der Waals surface area (Å²) in [6, 6.07) is 6.73. The number of benzene rings is 1. The Morgan fingerprint density at radius 1 is 1.11 bits per heavy atom. The summed E-state index contributed by atoms with van der Waals surface area (Å²) in [4.78, 5) is 39.2. The summed E-state index contributed by atoms with van der Waals surface area (Å²) in [6.07, 6.45) is 3.62. The fourth-order valence-corrected chi connectivity index (χ4v) is 3.27. The molecule has 1 aromatic rings. The van der Waals surface area contributed by atoms with E-state index in [4.69, 9.17) is 16.3 Å². The Bertz CT molecular complexity index is 672. The molecular weight excluding hydrogens is 378 g/mol.